The molecular formula is C20H20N4O6. The maximum atomic E-state index is 13.1. The molecule has 3 amide bonds. The van der Waals surface area contributed by atoms with Crippen LogP contribution in [0.1, 0.15) is 18.5 Å². The van der Waals surface area contributed by atoms with Gasteiger partial charge in [-0.2, -0.15) is 0 Å². The lowest BCUT2D eigenvalue weighted by atomic mass is 9.94. The van der Waals surface area contributed by atoms with Gasteiger partial charge in [-0.25, -0.2) is 4.79 Å². The largest absolute Gasteiger partial charge is 0.497 e. The number of benzene rings is 2. The van der Waals surface area contributed by atoms with Crippen molar-refractivity contribution in [3.63, 3.8) is 0 Å². The lowest BCUT2D eigenvalue weighted by Crippen LogP contribution is -2.46. The van der Waals surface area contributed by atoms with E-state index in [4.69, 9.17) is 9.47 Å². The van der Waals surface area contributed by atoms with Crippen LogP contribution in [-0.4, -0.2) is 31.1 Å². The van der Waals surface area contributed by atoms with E-state index in [1.165, 1.54) is 32.4 Å². The van der Waals surface area contributed by atoms with Gasteiger partial charge in [0.2, 0.25) is 0 Å². The number of hydrogen-bond donors (Lipinski definition) is 3. The molecule has 0 radical (unpaired) electrons. The first-order chi connectivity index (χ1) is 14.3. The predicted molar refractivity (Wildman–Crippen MR) is 108 cm³/mol. The molecule has 2 aromatic rings. The van der Waals surface area contributed by atoms with E-state index in [1.807, 2.05) is 0 Å². The molecule has 0 unspecified atom stereocenters. The van der Waals surface area contributed by atoms with Crippen molar-refractivity contribution in [3.05, 3.63) is 69.4 Å². The first-order valence-electron chi connectivity index (χ1n) is 8.90. The Kier molecular flexibility index (Phi) is 5.86. The monoisotopic (exact) mass is 412 g/mol. The molecular weight excluding hydrogens is 392 g/mol. The summed E-state index contributed by atoms with van der Waals surface area (Å²) in [7, 11) is 2.99. The number of nitrogens with zero attached hydrogens (tertiary/aromatic N) is 1. The Morgan fingerprint density at radius 1 is 1.17 bits per heavy atom. The molecule has 0 saturated carbocycles. The lowest BCUT2D eigenvalue weighted by molar-refractivity contribution is -0.384. The maximum Gasteiger partial charge on any atom is 0.319 e. The minimum Gasteiger partial charge on any atom is -0.497 e. The van der Waals surface area contributed by atoms with Gasteiger partial charge < -0.3 is 25.4 Å². The molecule has 156 valence electrons. The minimum atomic E-state index is -0.807. The number of amides is 3. The third kappa shape index (κ3) is 4.17. The highest BCUT2D eigenvalue weighted by Crippen LogP contribution is 2.35. The van der Waals surface area contributed by atoms with Gasteiger partial charge in [0.25, 0.3) is 11.6 Å². The molecule has 2 aromatic carbocycles. The number of methoxy groups -OCH3 is 2. The van der Waals surface area contributed by atoms with Gasteiger partial charge in [0, 0.05) is 35.1 Å². The van der Waals surface area contributed by atoms with E-state index in [0.29, 0.717) is 22.8 Å². The van der Waals surface area contributed by atoms with E-state index < -0.39 is 22.9 Å². The summed E-state index contributed by atoms with van der Waals surface area (Å²) < 4.78 is 10.6. The summed E-state index contributed by atoms with van der Waals surface area (Å²) in [4.78, 5) is 35.6. The summed E-state index contributed by atoms with van der Waals surface area (Å²) in [5.74, 6) is 0.456. The number of urea groups is 1. The highest BCUT2D eigenvalue weighted by atomic mass is 16.6. The zero-order chi connectivity index (χ0) is 21.8. The van der Waals surface area contributed by atoms with Gasteiger partial charge in [0.15, 0.2) is 0 Å². The number of nitro groups is 1. The van der Waals surface area contributed by atoms with Gasteiger partial charge in [-0.1, -0.05) is 6.07 Å². The third-order valence-corrected chi connectivity index (χ3v) is 4.58. The van der Waals surface area contributed by atoms with Gasteiger partial charge >= 0.3 is 6.03 Å². The molecule has 1 aliphatic rings. The Bertz CT molecular complexity index is 1050. The van der Waals surface area contributed by atoms with Gasteiger partial charge in [-0.3, -0.25) is 14.9 Å². The first kappa shape index (κ1) is 20.6. The molecule has 10 nitrogen and oxygen atoms in total. The highest BCUT2D eigenvalue weighted by Gasteiger charge is 2.33. The molecule has 30 heavy (non-hydrogen) atoms. The summed E-state index contributed by atoms with van der Waals surface area (Å²) in [5, 5.41) is 18.9. The number of ether oxygens (including phenoxy) is 2. The zero-order valence-electron chi connectivity index (χ0n) is 16.5. The van der Waals surface area contributed by atoms with E-state index in [2.05, 4.69) is 16.0 Å². The number of rotatable bonds is 6. The molecule has 0 aromatic heterocycles. The van der Waals surface area contributed by atoms with Crippen molar-refractivity contribution < 1.29 is 24.0 Å². The van der Waals surface area contributed by atoms with E-state index in [9.17, 15) is 19.7 Å². The summed E-state index contributed by atoms with van der Waals surface area (Å²) >= 11 is 0. The molecule has 0 fully saturated rings. The van der Waals surface area contributed by atoms with Crippen LogP contribution < -0.4 is 25.4 Å². The molecule has 0 saturated heterocycles. The van der Waals surface area contributed by atoms with Crippen LogP contribution >= 0.6 is 0 Å². The van der Waals surface area contributed by atoms with Crippen LogP contribution in [0.25, 0.3) is 0 Å². The van der Waals surface area contributed by atoms with Crippen molar-refractivity contribution in [1.82, 2.24) is 10.6 Å². The predicted octanol–water partition coefficient (Wildman–Crippen LogP) is 2.88. The lowest BCUT2D eigenvalue weighted by Gasteiger charge is -2.29. The second-order valence-corrected chi connectivity index (χ2v) is 6.44. The second-order valence-electron chi connectivity index (χ2n) is 6.44. The number of allylic oxidation sites excluding steroid dienone is 1. The SMILES string of the molecule is COc1ccc([C@@H]2NC(=O)NC(C)=C2C(=O)Nc2cccc([N+](=O)[O-])c2)c(OC)c1. The molecule has 1 atom stereocenters. The normalized spacial score (nSPS) is 15.7. The fourth-order valence-electron chi connectivity index (χ4n) is 3.18. The summed E-state index contributed by atoms with van der Waals surface area (Å²) in [5.41, 5.74) is 1.25. The average molecular weight is 412 g/mol. The first-order valence-corrected chi connectivity index (χ1v) is 8.90. The number of nitro benzene ring substituents is 1. The summed E-state index contributed by atoms with van der Waals surface area (Å²) in [6.45, 7) is 1.60. The Morgan fingerprint density at radius 2 is 1.93 bits per heavy atom. The number of non-ortho nitro benzene ring substituents is 1. The van der Waals surface area contributed by atoms with Crippen LogP contribution in [0.5, 0.6) is 11.5 Å². The summed E-state index contributed by atoms with van der Waals surface area (Å²) in [6.07, 6.45) is 0. The van der Waals surface area contributed by atoms with E-state index in [-0.39, 0.29) is 16.9 Å². The highest BCUT2D eigenvalue weighted by molar-refractivity contribution is 6.07. The summed E-state index contributed by atoms with van der Waals surface area (Å²) in [6, 6.07) is 9.35. The zero-order valence-corrected chi connectivity index (χ0v) is 16.5. The third-order valence-electron chi connectivity index (χ3n) is 4.58. The topological polar surface area (TPSA) is 132 Å². The van der Waals surface area contributed by atoms with Crippen LogP contribution in [0.15, 0.2) is 53.7 Å². The van der Waals surface area contributed by atoms with Crippen molar-refractivity contribution in [1.29, 1.82) is 0 Å². The van der Waals surface area contributed by atoms with Gasteiger partial charge in [-0.15, -0.1) is 0 Å². The van der Waals surface area contributed by atoms with Crippen LogP contribution in [0.2, 0.25) is 0 Å². The smallest absolute Gasteiger partial charge is 0.319 e. The van der Waals surface area contributed by atoms with E-state index in [1.54, 1.807) is 31.2 Å². The Hall–Kier alpha value is -4.08. The average Bonchev–Trinajstić information content (AvgIpc) is 2.72. The fourth-order valence-corrected chi connectivity index (χ4v) is 3.18. The van der Waals surface area contributed by atoms with Crippen molar-refractivity contribution in [3.8, 4) is 11.5 Å². The molecule has 1 heterocycles. The van der Waals surface area contributed by atoms with Crippen LogP contribution in [0.4, 0.5) is 16.2 Å². The molecule has 3 N–H and O–H groups in total. The molecule has 0 spiro atoms. The Labute approximate surface area is 172 Å². The molecule has 10 heteroatoms. The standard InChI is InChI=1S/C20H20N4O6/c1-11-17(19(25)22-12-5-4-6-13(9-12)24(27)28)18(23-20(26)21-11)15-8-7-14(29-2)10-16(15)30-3/h4-10,18H,1-3H3,(H,22,25)(H2,21,23,26)/t18-/m0/s1. The van der Waals surface area contributed by atoms with Gasteiger partial charge in [0.05, 0.1) is 30.8 Å². The van der Waals surface area contributed by atoms with Crippen molar-refractivity contribution >= 4 is 23.3 Å². The van der Waals surface area contributed by atoms with Gasteiger partial charge in [-0.05, 0) is 25.1 Å². The van der Waals surface area contributed by atoms with Crippen molar-refractivity contribution in [2.45, 2.75) is 13.0 Å². The second kappa shape index (κ2) is 8.52. The number of carbonyl (C=O) groups excluding carboxylic acids is 2. The van der Waals surface area contributed by atoms with E-state index in [0.717, 1.165) is 0 Å². The van der Waals surface area contributed by atoms with Gasteiger partial charge in [0.1, 0.15) is 11.5 Å². The number of carbonyl (C=O) groups is 2. The van der Waals surface area contributed by atoms with Crippen molar-refractivity contribution in [2.24, 2.45) is 0 Å². The molecule has 0 aliphatic carbocycles. The van der Waals surface area contributed by atoms with Crippen molar-refractivity contribution in [2.75, 3.05) is 19.5 Å². The van der Waals surface area contributed by atoms with Crippen LogP contribution in [-0.2, 0) is 4.79 Å². The van der Waals surface area contributed by atoms with Crippen LogP contribution in [0.3, 0.4) is 0 Å². The quantitative estimate of drug-likeness (QED) is 0.494. The van der Waals surface area contributed by atoms with Crippen LogP contribution in [0, 0.1) is 10.1 Å². The Balaban J connectivity index is 1.99. The van der Waals surface area contributed by atoms with E-state index >= 15 is 0 Å². The minimum absolute atomic E-state index is 0.151. The molecule has 1 aliphatic heterocycles. The Morgan fingerprint density at radius 3 is 2.60 bits per heavy atom. The molecule has 0 bridgehead atoms. The number of nitrogens with one attached hydrogen (secondary N) is 3. The fraction of sp³-hybridized carbons (Fsp3) is 0.200. The number of anilines is 1. The molecule has 3 rings (SSSR count). The number of hydrogen-bond acceptors (Lipinski definition) is 6. The maximum absolute atomic E-state index is 13.1.